The fourth-order valence-corrected chi connectivity index (χ4v) is 2.02. The number of rotatable bonds is 10. The summed E-state index contributed by atoms with van der Waals surface area (Å²) in [5, 5.41) is 6.59. The predicted molar refractivity (Wildman–Crippen MR) is 80.3 cm³/mol. The molecule has 1 heterocycles. The predicted octanol–water partition coefficient (Wildman–Crippen LogP) is 0.774. The minimum Gasteiger partial charge on any atom is -0.382 e. The van der Waals surface area contributed by atoms with Gasteiger partial charge in [-0.05, 0) is 25.7 Å². The lowest BCUT2D eigenvalue weighted by atomic mass is 10.2. The normalized spacial score (nSPS) is 19.3. The SMILES string of the molecule is CN=C(NCCCCOCCOC)NCC1CCCO1. The van der Waals surface area contributed by atoms with Crippen LogP contribution in [0.4, 0.5) is 0 Å². The van der Waals surface area contributed by atoms with Crippen molar-refractivity contribution in [3.05, 3.63) is 0 Å². The molecule has 0 saturated carbocycles. The van der Waals surface area contributed by atoms with E-state index in [1.54, 1.807) is 14.2 Å². The molecule has 0 bridgehead atoms. The van der Waals surface area contributed by atoms with Crippen molar-refractivity contribution in [1.82, 2.24) is 10.6 Å². The van der Waals surface area contributed by atoms with E-state index in [4.69, 9.17) is 14.2 Å². The first-order valence-corrected chi connectivity index (χ1v) is 7.49. The summed E-state index contributed by atoms with van der Waals surface area (Å²) in [6.07, 6.45) is 4.75. The molecule has 0 aromatic rings. The molecule has 0 aromatic heterocycles. The standard InChI is InChI=1S/C14H29N3O3/c1-15-14(17-12-13-6-5-9-20-13)16-7-3-4-8-19-11-10-18-2/h13H,3-12H2,1-2H3,(H2,15,16,17). The quantitative estimate of drug-likeness (QED) is 0.353. The summed E-state index contributed by atoms with van der Waals surface area (Å²) < 4.78 is 15.9. The number of hydrogen-bond acceptors (Lipinski definition) is 4. The van der Waals surface area contributed by atoms with E-state index in [0.717, 1.165) is 51.5 Å². The molecule has 0 radical (unpaired) electrons. The Kier molecular flexibility index (Phi) is 10.3. The van der Waals surface area contributed by atoms with Gasteiger partial charge in [0.15, 0.2) is 5.96 Å². The number of ether oxygens (including phenoxy) is 3. The second-order valence-electron chi connectivity index (χ2n) is 4.83. The van der Waals surface area contributed by atoms with Crippen molar-refractivity contribution in [2.24, 2.45) is 4.99 Å². The molecule has 6 nitrogen and oxygen atoms in total. The molecule has 1 saturated heterocycles. The van der Waals surface area contributed by atoms with Crippen LogP contribution in [0.2, 0.25) is 0 Å². The molecular weight excluding hydrogens is 258 g/mol. The van der Waals surface area contributed by atoms with Crippen molar-refractivity contribution in [3.63, 3.8) is 0 Å². The molecule has 0 amide bonds. The Balaban J connectivity index is 1.92. The third-order valence-electron chi connectivity index (χ3n) is 3.18. The highest BCUT2D eigenvalue weighted by Crippen LogP contribution is 2.10. The number of nitrogens with one attached hydrogen (secondary N) is 2. The van der Waals surface area contributed by atoms with Gasteiger partial charge in [0.1, 0.15) is 0 Å². The minimum absolute atomic E-state index is 0.336. The van der Waals surface area contributed by atoms with Crippen molar-refractivity contribution < 1.29 is 14.2 Å². The summed E-state index contributed by atoms with van der Waals surface area (Å²) in [5.41, 5.74) is 0. The van der Waals surface area contributed by atoms with Crippen molar-refractivity contribution >= 4 is 5.96 Å². The van der Waals surface area contributed by atoms with E-state index >= 15 is 0 Å². The van der Waals surface area contributed by atoms with Gasteiger partial charge >= 0.3 is 0 Å². The van der Waals surface area contributed by atoms with Crippen molar-refractivity contribution in [2.75, 3.05) is 53.7 Å². The molecule has 0 spiro atoms. The topological polar surface area (TPSA) is 64.1 Å². The number of aliphatic imine (C=N–C) groups is 1. The van der Waals surface area contributed by atoms with Gasteiger partial charge in [-0.25, -0.2) is 0 Å². The summed E-state index contributed by atoms with van der Waals surface area (Å²) in [6, 6.07) is 0. The van der Waals surface area contributed by atoms with E-state index in [9.17, 15) is 0 Å². The van der Waals surface area contributed by atoms with E-state index in [-0.39, 0.29) is 0 Å². The van der Waals surface area contributed by atoms with E-state index < -0.39 is 0 Å². The Labute approximate surface area is 122 Å². The monoisotopic (exact) mass is 287 g/mol. The van der Waals surface area contributed by atoms with Gasteiger partial charge in [0.25, 0.3) is 0 Å². The van der Waals surface area contributed by atoms with Crippen LogP contribution in [0, 0.1) is 0 Å². The molecule has 1 fully saturated rings. The van der Waals surface area contributed by atoms with E-state index in [2.05, 4.69) is 15.6 Å². The van der Waals surface area contributed by atoms with E-state index in [0.29, 0.717) is 19.3 Å². The first-order chi connectivity index (χ1) is 9.86. The summed E-state index contributed by atoms with van der Waals surface area (Å²) in [5.74, 6) is 0.848. The average Bonchev–Trinajstić information content (AvgIpc) is 2.98. The second-order valence-corrected chi connectivity index (χ2v) is 4.83. The zero-order valence-electron chi connectivity index (χ0n) is 12.8. The zero-order valence-corrected chi connectivity index (χ0v) is 12.8. The van der Waals surface area contributed by atoms with Crippen LogP contribution in [-0.2, 0) is 14.2 Å². The third-order valence-corrected chi connectivity index (χ3v) is 3.18. The number of methoxy groups -OCH3 is 1. The minimum atomic E-state index is 0.336. The molecule has 6 heteroatoms. The largest absolute Gasteiger partial charge is 0.382 e. The summed E-state index contributed by atoms with van der Waals surface area (Å²) >= 11 is 0. The molecule has 0 aromatic carbocycles. The Morgan fingerprint density at radius 1 is 1.25 bits per heavy atom. The van der Waals surface area contributed by atoms with Crippen LogP contribution in [0.15, 0.2) is 4.99 Å². The number of hydrogen-bond donors (Lipinski definition) is 2. The summed E-state index contributed by atoms with van der Waals surface area (Å²) in [6.45, 7) is 4.75. The van der Waals surface area contributed by atoms with Gasteiger partial charge in [0.2, 0.25) is 0 Å². The molecule has 1 rings (SSSR count). The van der Waals surface area contributed by atoms with Gasteiger partial charge in [-0.2, -0.15) is 0 Å². The zero-order chi connectivity index (χ0) is 14.5. The molecule has 1 aliphatic heterocycles. The molecule has 1 atom stereocenters. The summed E-state index contributed by atoms with van der Waals surface area (Å²) in [7, 11) is 3.47. The van der Waals surface area contributed by atoms with Crippen LogP contribution >= 0.6 is 0 Å². The van der Waals surface area contributed by atoms with Crippen molar-refractivity contribution in [2.45, 2.75) is 31.8 Å². The highest BCUT2D eigenvalue weighted by Gasteiger charge is 2.15. The number of nitrogens with zero attached hydrogens (tertiary/aromatic N) is 1. The second kappa shape index (κ2) is 11.9. The fourth-order valence-electron chi connectivity index (χ4n) is 2.02. The van der Waals surface area contributed by atoms with Crippen LogP contribution in [0.3, 0.4) is 0 Å². The van der Waals surface area contributed by atoms with Crippen molar-refractivity contribution in [1.29, 1.82) is 0 Å². The van der Waals surface area contributed by atoms with Crippen LogP contribution in [0.25, 0.3) is 0 Å². The highest BCUT2D eigenvalue weighted by molar-refractivity contribution is 5.79. The molecule has 20 heavy (non-hydrogen) atoms. The first-order valence-electron chi connectivity index (χ1n) is 7.49. The van der Waals surface area contributed by atoms with Gasteiger partial charge < -0.3 is 24.8 Å². The lowest BCUT2D eigenvalue weighted by Gasteiger charge is -2.15. The highest BCUT2D eigenvalue weighted by atomic mass is 16.5. The average molecular weight is 287 g/mol. The maximum absolute atomic E-state index is 5.57. The lowest BCUT2D eigenvalue weighted by molar-refractivity contribution is 0.0689. The lowest BCUT2D eigenvalue weighted by Crippen LogP contribution is -2.41. The fraction of sp³-hybridized carbons (Fsp3) is 0.929. The summed E-state index contributed by atoms with van der Waals surface area (Å²) in [4.78, 5) is 4.20. The van der Waals surface area contributed by atoms with Crippen LogP contribution in [0.5, 0.6) is 0 Å². The van der Waals surface area contributed by atoms with Gasteiger partial charge in [-0.1, -0.05) is 0 Å². The smallest absolute Gasteiger partial charge is 0.191 e. The van der Waals surface area contributed by atoms with Crippen LogP contribution in [-0.4, -0.2) is 65.7 Å². The van der Waals surface area contributed by atoms with Crippen molar-refractivity contribution in [3.8, 4) is 0 Å². The van der Waals surface area contributed by atoms with Gasteiger partial charge in [-0.15, -0.1) is 0 Å². The number of unbranched alkanes of at least 4 members (excludes halogenated alkanes) is 1. The van der Waals surface area contributed by atoms with Crippen LogP contribution < -0.4 is 10.6 Å². The van der Waals surface area contributed by atoms with E-state index in [1.165, 1.54) is 6.42 Å². The third kappa shape index (κ3) is 8.35. The number of guanidine groups is 1. The maximum atomic E-state index is 5.57. The molecule has 1 aliphatic rings. The van der Waals surface area contributed by atoms with Gasteiger partial charge in [0, 0.05) is 40.5 Å². The molecule has 2 N–H and O–H groups in total. The van der Waals surface area contributed by atoms with Gasteiger partial charge in [-0.3, -0.25) is 4.99 Å². The molecule has 1 unspecified atom stereocenters. The Morgan fingerprint density at radius 3 is 2.85 bits per heavy atom. The van der Waals surface area contributed by atoms with Gasteiger partial charge in [0.05, 0.1) is 19.3 Å². The Morgan fingerprint density at radius 2 is 2.15 bits per heavy atom. The Bertz CT molecular complexity index is 256. The maximum Gasteiger partial charge on any atom is 0.191 e. The Hall–Kier alpha value is -0.850. The van der Waals surface area contributed by atoms with Crippen LogP contribution in [0.1, 0.15) is 25.7 Å². The van der Waals surface area contributed by atoms with E-state index in [1.807, 2.05) is 0 Å². The molecule has 118 valence electrons. The first kappa shape index (κ1) is 17.2. The molecule has 0 aliphatic carbocycles. The molecular formula is C14H29N3O3.